The molecule has 0 rings (SSSR count). The molecule has 0 radical (unpaired) electrons. The lowest BCUT2D eigenvalue weighted by Gasteiger charge is -2.12. The maximum absolute atomic E-state index is 11.7. The molecular formula is C7H13F2NS. The number of hydrogen-bond acceptors (Lipinski definition) is 2. The van der Waals surface area contributed by atoms with Crippen LogP contribution in [-0.4, -0.2) is 37.2 Å². The minimum atomic E-state index is -2.25. The summed E-state index contributed by atoms with van der Waals surface area (Å²) in [7, 11) is 1.66. The summed E-state index contributed by atoms with van der Waals surface area (Å²) in [5, 5.41) is 0. The summed E-state index contributed by atoms with van der Waals surface area (Å²) >= 11 is 3.94. The van der Waals surface area contributed by atoms with Crippen LogP contribution in [0.3, 0.4) is 0 Å². The first-order valence-electron chi connectivity index (χ1n) is 3.39. The SMILES string of the molecule is CN(C/C=C/CS)CC(F)F. The van der Waals surface area contributed by atoms with E-state index in [9.17, 15) is 8.78 Å². The summed E-state index contributed by atoms with van der Waals surface area (Å²) < 4.78 is 23.4. The molecule has 1 nitrogen and oxygen atoms in total. The molecule has 0 aliphatic rings. The van der Waals surface area contributed by atoms with Gasteiger partial charge in [-0.15, -0.1) is 0 Å². The highest BCUT2D eigenvalue weighted by Crippen LogP contribution is 1.95. The Morgan fingerprint density at radius 2 is 2.09 bits per heavy atom. The van der Waals surface area contributed by atoms with Gasteiger partial charge in [0.05, 0.1) is 6.54 Å². The van der Waals surface area contributed by atoms with Gasteiger partial charge in [-0.05, 0) is 7.05 Å². The molecule has 0 spiro atoms. The summed E-state index contributed by atoms with van der Waals surface area (Å²) in [4.78, 5) is 1.56. The van der Waals surface area contributed by atoms with Gasteiger partial charge >= 0.3 is 0 Å². The van der Waals surface area contributed by atoms with Gasteiger partial charge in [0, 0.05) is 12.3 Å². The van der Waals surface area contributed by atoms with Gasteiger partial charge in [0.1, 0.15) is 0 Å². The molecular weight excluding hydrogens is 168 g/mol. The third kappa shape index (κ3) is 7.81. The minimum absolute atomic E-state index is 0.170. The predicted octanol–water partition coefficient (Wildman–Crippen LogP) is 1.67. The average Bonchev–Trinajstić information content (AvgIpc) is 1.86. The number of thiol groups is 1. The van der Waals surface area contributed by atoms with E-state index in [1.165, 1.54) is 0 Å². The van der Waals surface area contributed by atoms with E-state index in [0.717, 1.165) is 0 Å². The highest BCUT2D eigenvalue weighted by atomic mass is 32.1. The number of halogens is 2. The van der Waals surface area contributed by atoms with Crippen LogP contribution >= 0.6 is 12.6 Å². The van der Waals surface area contributed by atoms with Gasteiger partial charge in [0.15, 0.2) is 0 Å². The van der Waals surface area contributed by atoms with E-state index >= 15 is 0 Å². The van der Waals surface area contributed by atoms with Crippen molar-refractivity contribution in [1.29, 1.82) is 0 Å². The fourth-order valence-corrected chi connectivity index (χ4v) is 0.788. The Bertz CT molecular complexity index is 117. The molecule has 4 heteroatoms. The van der Waals surface area contributed by atoms with E-state index in [1.54, 1.807) is 11.9 Å². The van der Waals surface area contributed by atoms with E-state index in [2.05, 4.69) is 12.6 Å². The van der Waals surface area contributed by atoms with Gasteiger partial charge in [0.25, 0.3) is 6.43 Å². The Kier molecular flexibility index (Phi) is 6.56. The van der Waals surface area contributed by atoms with Crippen LogP contribution < -0.4 is 0 Å². The molecule has 66 valence electrons. The van der Waals surface area contributed by atoms with Crippen molar-refractivity contribution in [3.63, 3.8) is 0 Å². The highest BCUT2D eigenvalue weighted by Gasteiger charge is 2.04. The number of rotatable bonds is 5. The van der Waals surface area contributed by atoms with Gasteiger partial charge in [-0.25, -0.2) is 8.78 Å². The maximum Gasteiger partial charge on any atom is 0.251 e. The zero-order valence-electron chi connectivity index (χ0n) is 6.50. The van der Waals surface area contributed by atoms with Gasteiger partial charge < -0.3 is 0 Å². The Balaban J connectivity index is 3.36. The molecule has 0 saturated carbocycles. The first-order valence-corrected chi connectivity index (χ1v) is 4.02. The second-order valence-corrected chi connectivity index (χ2v) is 2.63. The Morgan fingerprint density at radius 1 is 1.45 bits per heavy atom. The van der Waals surface area contributed by atoms with Crippen LogP contribution in [0.4, 0.5) is 8.78 Å². The van der Waals surface area contributed by atoms with Crippen LogP contribution in [0.15, 0.2) is 12.2 Å². The minimum Gasteiger partial charge on any atom is -0.297 e. The normalized spacial score (nSPS) is 12.2. The quantitative estimate of drug-likeness (QED) is 0.499. The molecule has 0 unspecified atom stereocenters. The van der Waals surface area contributed by atoms with Crippen LogP contribution in [0.2, 0.25) is 0 Å². The van der Waals surface area contributed by atoms with E-state index in [4.69, 9.17) is 0 Å². The van der Waals surface area contributed by atoms with Crippen LogP contribution in [0.25, 0.3) is 0 Å². The van der Waals surface area contributed by atoms with Crippen LogP contribution in [0.5, 0.6) is 0 Å². The van der Waals surface area contributed by atoms with Crippen molar-refractivity contribution in [2.75, 3.05) is 25.9 Å². The zero-order chi connectivity index (χ0) is 8.69. The molecule has 0 aliphatic carbocycles. The summed E-state index contributed by atoms with van der Waals surface area (Å²) in [6.07, 6.45) is 1.42. The van der Waals surface area contributed by atoms with Gasteiger partial charge in [-0.1, -0.05) is 12.2 Å². The lowest BCUT2D eigenvalue weighted by molar-refractivity contribution is 0.105. The summed E-state index contributed by atoms with van der Waals surface area (Å²) in [6.45, 7) is 0.391. The fraction of sp³-hybridized carbons (Fsp3) is 0.714. The van der Waals surface area contributed by atoms with Crippen LogP contribution in [0, 0.1) is 0 Å². The number of likely N-dealkylation sites (N-methyl/N-ethyl adjacent to an activating group) is 1. The largest absolute Gasteiger partial charge is 0.297 e. The van der Waals surface area contributed by atoms with Crippen molar-refractivity contribution in [2.45, 2.75) is 6.43 Å². The summed E-state index contributed by atoms with van der Waals surface area (Å²) in [5.41, 5.74) is 0. The summed E-state index contributed by atoms with van der Waals surface area (Å²) in [6, 6.07) is 0. The highest BCUT2D eigenvalue weighted by molar-refractivity contribution is 7.80. The molecule has 0 N–H and O–H groups in total. The smallest absolute Gasteiger partial charge is 0.251 e. The fourth-order valence-electron chi connectivity index (χ4n) is 0.639. The molecule has 0 aromatic carbocycles. The van der Waals surface area contributed by atoms with Crippen molar-refractivity contribution >= 4 is 12.6 Å². The Labute approximate surface area is 71.5 Å². The molecule has 0 atom stereocenters. The molecule has 0 bridgehead atoms. The second kappa shape index (κ2) is 6.61. The van der Waals surface area contributed by atoms with Gasteiger partial charge in [0.2, 0.25) is 0 Å². The number of nitrogens with zero attached hydrogens (tertiary/aromatic N) is 1. The molecule has 0 aromatic rings. The van der Waals surface area contributed by atoms with E-state index in [1.807, 2.05) is 12.2 Å². The molecule has 0 saturated heterocycles. The lowest BCUT2D eigenvalue weighted by Crippen LogP contribution is -2.24. The Morgan fingerprint density at radius 3 is 2.55 bits per heavy atom. The molecule has 0 heterocycles. The van der Waals surface area contributed by atoms with Gasteiger partial charge in [-0.2, -0.15) is 12.6 Å². The predicted molar refractivity (Wildman–Crippen MR) is 46.5 cm³/mol. The van der Waals surface area contributed by atoms with E-state index in [0.29, 0.717) is 12.3 Å². The first-order chi connectivity index (χ1) is 5.16. The molecule has 0 aliphatic heterocycles. The average molecular weight is 181 g/mol. The maximum atomic E-state index is 11.7. The lowest BCUT2D eigenvalue weighted by atomic mass is 10.4. The van der Waals surface area contributed by atoms with Crippen molar-refractivity contribution in [2.24, 2.45) is 0 Å². The standard InChI is InChI=1S/C7H13F2NS/c1-10(6-7(8)9)4-2-3-5-11/h2-3,7,11H,4-6H2,1H3/b3-2+. The first kappa shape index (κ1) is 10.9. The monoisotopic (exact) mass is 181 g/mol. The van der Waals surface area contributed by atoms with Crippen LogP contribution in [0.1, 0.15) is 0 Å². The van der Waals surface area contributed by atoms with Crippen LogP contribution in [-0.2, 0) is 0 Å². The van der Waals surface area contributed by atoms with E-state index in [-0.39, 0.29) is 6.54 Å². The molecule has 0 amide bonds. The molecule has 0 aromatic heterocycles. The number of hydrogen-bond donors (Lipinski definition) is 1. The topological polar surface area (TPSA) is 3.24 Å². The number of alkyl halides is 2. The molecule has 11 heavy (non-hydrogen) atoms. The van der Waals surface area contributed by atoms with Crippen molar-refractivity contribution in [3.8, 4) is 0 Å². The van der Waals surface area contributed by atoms with E-state index < -0.39 is 6.43 Å². The zero-order valence-corrected chi connectivity index (χ0v) is 7.40. The molecule has 0 fully saturated rings. The van der Waals surface area contributed by atoms with Crippen molar-refractivity contribution in [1.82, 2.24) is 4.90 Å². The third-order valence-corrected chi connectivity index (χ3v) is 1.35. The van der Waals surface area contributed by atoms with Gasteiger partial charge in [-0.3, -0.25) is 4.90 Å². The summed E-state index contributed by atoms with van der Waals surface area (Å²) in [5.74, 6) is 0.655. The third-order valence-electron chi connectivity index (χ3n) is 1.14. The van der Waals surface area contributed by atoms with Crippen molar-refractivity contribution in [3.05, 3.63) is 12.2 Å². The Hall–Kier alpha value is -0.0900. The van der Waals surface area contributed by atoms with Crippen molar-refractivity contribution < 1.29 is 8.78 Å². The second-order valence-electron chi connectivity index (χ2n) is 2.27.